The number of carbonyl (C=O) groups is 1. The van der Waals surface area contributed by atoms with Gasteiger partial charge in [-0.3, -0.25) is 4.79 Å². The van der Waals surface area contributed by atoms with E-state index in [0.29, 0.717) is 30.0 Å². The number of hydrogen-bond acceptors (Lipinski definition) is 4. The number of nitrogens with zero attached hydrogens (tertiary/aromatic N) is 1. The first-order chi connectivity index (χ1) is 10.8. The topological polar surface area (TPSA) is 63.7 Å². The van der Waals surface area contributed by atoms with Crippen molar-refractivity contribution < 1.29 is 17.9 Å². The molecule has 0 radical (unpaired) electrons. The zero-order valence-corrected chi connectivity index (χ0v) is 15.3. The fourth-order valence-electron chi connectivity index (χ4n) is 2.56. The van der Waals surface area contributed by atoms with Crippen LogP contribution in [-0.4, -0.2) is 38.4 Å². The predicted molar refractivity (Wildman–Crippen MR) is 89.3 cm³/mol. The van der Waals surface area contributed by atoms with E-state index in [2.05, 4.69) is 0 Å². The Morgan fingerprint density at radius 1 is 1.26 bits per heavy atom. The van der Waals surface area contributed by atoms with E-state index in [9.17, 15) is 13.2 Å². The number of sulfonamides is 1. The SMILES string of the molecule is CCOC(=O)C1CCN(S(=O)(=O)c2cc(C)c(Cl)cc2Cl)CC1. The minimum atomic E-state index is -3.70. The van der Waals surface area contributed by atoms with Crippen molar-refractivity contribution in [2.75, 3.05) is 19.7 Å². The molecule has 0 N–H and O–H groups in total. The molecular formula is C15H19Cl2NO4S. The molecule has 8 heteroatoms. The second-order valence-electron chi connectivity index (χ2n) is 5.46. The van der Waals surface area contributed by atoms with Crippen molar-refractivity contribution in [2.45, 2.75) is 31.6 Å². The molecule has 2 rings (SSSR count). The van der Waals surface area contributed by atoms with Gasteiger partial charge in [-0.1, -0.05) is 23.2 Å². The van der Waals surface area contributed by atoms with Crippen molar-refractivity contribution in [1.29, 1.82) is 0 Å². The molecule has 1 saturated heterocycles. The second-order valence-corrected chi connectivity index (χ2v) is 8.18. The maximum Gasteiger partial charge on any atom is 0.309 e. The summed E-state index contributed by atoms with van der Waals surface area (Å²) in [7, 11) is -3.70. The van der Waals surface area contributed by atoms with Gasteiger partial charge in [-0.2, -0.15) is 4.31 Å². The highest BCUT2D eigenvalue weighted by Gasteiger charge is 2.33. The van der Waals surface area contributed by atoms with Gasteiger partial charge in [-0.25, -0.2) is 8.42 Å². The van der Waals surface area contributed by atoms with E-state index >= 15 is 0 Å². The number of benzene rings is 1. The molecule has 0 saturated carbocycles. The van der Waals surface area contributed by atoms with Crippen LogP contribution < -0.4 is 0 Å². The Hall–Kier alpha value is -0.820. The lowest BCUT2D eigenvalue weighted by Crippen LogP contribution is -2.40. The Morgan fingerprint density at radius 2 is 1.87 bits per heavy atom. The molecular weight excluding hydrogens is 361 g/mol. The molecule has 0 aliphatic carbocycles. The number of hydrogen-bond donors (Lipinski definition) is 0. The molecule has 0 aromatic heterocycles. The van der Waals surface area contributed by atoms with Gasteiger partial charge in [0.15, 0.2) is 0 Å². The molecule has 0 amide bonds. The van der Waals surface area contributed by atoms with Crippen molar-refractivity contribution in [1.82, 2.24) is 4.31 Å². The first kappa shape index (κ1) is 18.5. The van der Waals surface area contributed by atoms with E-state index in [1.165, 1.54) is 16.4 Å². The van der Waals surface area contributed by atoms with Gasteiger partial charge >= 0.3 is 5.97 Å². The summed E-state index contributed by atoms with van der Waals surface area (Å²) in [5.74, 6) is -0.506. The van der Waals surface area contributed by atoms with E-state index in [4.69, 9.17) is 27.9 Å². The molecule has 1 heterocycles. The van der Waals surface area contributed by atoms with Gasteiger partial charge in [0.25, 0.3) is 0 Å². The van der Waals surface area contributed by atoms with Crippen LogP contribution in [0.1, 0.15) is 25.3 Å². The summed E-state index contributed by atoms with van der Waals surface area (Å²) < 4.78 is 31.9. The average molecular weight is 380 g/mol. The second kappa shape index (κ2) is 7.38. The molecule has 1 aromatic carbocycles. The third-order valence-corrected chi connectivity index (χ3v) is 6.68. The number of halogens is 2. The Morgan fingerprint density at radius 3 is 2.43 bits per heavy atom. The largest absolute Gasteiger partial charge is 0.466 e. The Labute approximate surface area is 146 Å². The first-order valence-electron chi connectivity index (χ1n) is 7.39. The smallest absolute Gasteiger partial charge is 0.309 e. The van der Waals surface area contributed by atoms with Crippen LogP contribution in [0.5, 0.6) is 0 Å². The number of esters is 1. The molecule has 1 aliphatic heterocycles. The van der Waals surface area contributed by atoms with Crippen molar-refractivity contribution in [3.05, 3.63) is 27.7 Å². The van der Waals surface area contributed by atoms with Crippen LogP contribution in [0.4, 0.5) is 0 Å². The third-order valence-electron chi connectivity index (χ3n) is 3.90. The van der Waals surface area contributed by atoms with Crippen molar-refractivity contribution in [3.63, 3.8) is 0 Å². The van der Waals surface area contributed by atoms with E-state index < -0.39 is 10.0 Å². The highest BCUT2D eigenvalue weighted by molar-refractivity contribution is 7.89. The maximum absolute atomic E-state index is 12.8. The fourth-order valence-corrected chi connectivity index (χ4v) is 4.84. The number of piperidine rings is 1. The Kier molecular flexibility index (Phi) is 5.94. The zero-order chi connectivity index (χ0) is 17.2. The number of carbonyl (C=O) groups excluding carboxylic acids is 1. The van der Waals surface area contributed by atoms with Crippen molar-refractivity contribution in [2.24, 2.45) is 5.92 Å². The molecule has 23 heavy (non-hydrogen) atoms. The van der Waals surface area contributed by atoms with Gasteiger partial charge in [-0.15, -0.1) is 0 Å². The minimum absolute atomic E-state index is 0.0515. The van der Waals surface area contributed by atoms with Crippen LogP contribution >= 0.6 is 23.2 Å². The Bertz CT molecular complexity index is 698. The third kappa shape index (κ3) is 3.99. The lowest BCUT2D eigenvalue weighted by Gasteiger charge is -2.30. The van der Waals surface area contributed by atoms with E-state index in [-0.39, 0.29) is 34.9 Å². The van der Waals surface area contributed by atoms with Gasteiger partial charge in [0.2, 0.25) is 10.0 Å². The van der Waals surface area contributed by atoms with Gasteiger partial charge < -0.3 is 4.74 Å². The van der Waals surface area contributed by atoms with Gasteiger partial charge in [0.05, 0.1) is 17.5 Å². The quantitative estimate of drug-likeness (QED) is 0.753. The highest BCUT2D eigenvalue weighted by Crippen LogP contribution is 2.32. The molecule has 1 aliphatic rings. The lowest BCUT2D eigenvalue weighted by molar-refractivity contribution is -0.149. The van der Waals surface area contributed by atoms with Crippen LogP contribution in [0.3, 0.4) is 0 Å². The molecule has 5 nitrogen and oxygen atoms in total. The summed E-state index contributed by atoms with van der Waals surface area (Å²) in [6.07, 6.45) is 0.893. The molecule has 1 fully saturated rings. The van der Waals surface area contributed by atoms with Crippen LogP contribution in [0.15, 0.2) is 17.0 Å². The van der Waals surface area contributed by atoms with Crippen molar-refractivity contribution >= 4 is 39.2 Å². The van der Waals surface area contributed by atoms with Crippen molar-refractivity contribution in [3.8, 4) is 0 Å². The molecule has 0 unspecified atom stereocenters. The molecule has 1 aromatic rings. The summed E-state index contributed by atoms with van der Waals surface area (Å²) in [5, 5.41) is 0.531. The summed E-state index contributed by atoms with van der Waals surface area (Å²) in [6.45, 7) is 4.34. The number of aryl methyl sites for hydroxylation is 1. The molecule has 128 valence electrons. The summed E-state index contributed by atoms with van der Waals surface area (Å²) in [4.78, 5) is 11.8. The van der Waals surface area contributed by atoms with Gasteiger partial charge in [-0.05, 0) is 44.4 Å². The number of ether oxygens (including phenoxy) is 1. The highest BCUT2D eigenvalue weighted by atomic mass is 35.5. The summed E-state index contributed by atoms with van der Waals surface area (Å²) in [5.41, 5.74) is 0.649. The van der Waals surface area contributed by atoms with Crippen LogP contribution in [0.25, 0.3) is 0 Å². The summed E-state index contributed by atoms with van der Waals surface area (Å²) in [6, 6.07) is 2.92. The van der Waals surface area contributed by atoms with E-state index in [1.54, 1.807) is 13.8 Å². The lowest BCUT2D eigenvalue weighted by atomic mass is 9.98. The van der Waals surface area contributed by atoms with Gasteiger partial charge in [0, 0.05) is 18.1 Å². The normalized spacial score (nSPS) is 17.2. The van der Waals surface area contributed by atoms with E-state index in [0.717, 1.165) is 0 Å². The monoisotopic (exact) mass is 379 g/mol. The molecule has 0 atom stereocenters. The fraction of sp³-hybridized carbons (Fsp3) is 0.533. The maximum atomic E-state index is 12.8. The average Bonchev–Trinajstić information content (AvgIpc) is 2.51. The first-order valence-corrected chi connectivity index (χ1v) is 9.59. The zero-order valence-electron chi connectivity index (χ0n) is 13.0. The summed E-state index contributed by atoms with van der Waals surface area (Å²) >= 11 is 12.0. The molecule has 0 spiro atoms. The van der Waals surface area contributed by atoms with Gasteiger partial charge in [0.1, 0.15) is 4.90 Å². The number of rotatable bonds is 4. The predicted octanol–water partition coefficient (Wildman–Crippen LogP) is 3.27. The standard InChI is InChI=1S/C15H19Cl2NO4S/c1-3-22-15(19)11-4-6-18(7-5-11)23(20,21)14-8-10(2)12(16)9-13(14)17/h8-9,11H,3-7H2,1-2H3. The van der Waals surface area contributed by atoms with Crippen LogP contribution in [0.2, 0.25) is 10.0 Å². The molecule has 0 bridgehead atoms. The Balaban J connectivity index is 2.17. The van der Waals surface area contributed by atoms with Crippen LogP contribution in [-0.2, 0) is 19.6 Å². The van der Waals surface area contributed by atoms with E-state index in [1.807, 2.05) is 0 Å². The minimum Gasteiger partial charge on any atom is -0.466 e. The van der Waals surface area contributed by atoms with Crippen LogP contribution in [0, 0.1) is 12.8 Å².